The van der Waals surface area contributed by atoms with Crippen molar-refractivity contribution < 1.29 is 4.74 Å². The van der Waals surface area contributed by atoms with E-state index in [1.165, 1.54) is 4.70 Å². The van der Waals surface area contributed by atoms with Crippen LogP contribution in [0.4, 0.5) is 0 Å². The topological polar surface area (TPSA) is 9.23 Å². The number of thiophene rings is 1. The SMILES string of the molecule is COc1sc2c(CCl)cccc2c1S. The van der Waals surface area contributed by atoms with Crippen LogP contribution in [0.15, 0.2) is 23.1 Å². The van der Waals surface area contributed by atoms with Gasteiger partial charge >= 0.3 is 0 Å². The van der Waals surface area contributed by atoms with Crippen molar-refractivity contribution in [1.29, 1.82) is 0 Å². The molecule has 0 radical (unpaired) electrons. The summed E-state index contributed by atoms with van der Waals surface area (Å²) in [4.78, 5) is 0.902. The molecule has 0 saturated heterocycles. The Hall–Kier alpha value is -0.380. The second-order valence-corrected chi connectivity index (χ2v) is 4.57. The Balaban J connectivity index is 2.77. The first-order valence-corrected chi connectivity index (χ1v) is 5.91. The maximum atomic E-state index is 5.85. The van der Waals surface area contributed by atoms with Gasteiger partial charge in [0.15, 0.2) is 5.06 Å². The lowest BCUT2D eigenvalue weighted by atomic mass is 10.2. The van der Waals surface area contributed by atoms with Crippen LogP contribution in [0.2, 0.25) is 0 Å². The van der Waals surface area contributed by atoms with Gasteiger partial charge in [0.2, 0.25) is 0 Å². The van der Waals surface area contributed by atoms with Crippen molar-refractivity contribution in [2.75, 3.05) is 7.11 Å². The van der Waals surface area contributed by atoms with Crippen LogP contribution in [0.1, 0.15) is 5.56 Å². The van der Waals surface area contributed by atoms with Crippen molar-refractivity contribution in [2.45, 2.75) is 10.8 Å². The van der Waals surface area contributed by atoms with Crippen LogP contribution in [0, 0.1) is 0 Å². The Morgan fingerprint density at radius 2 is 2.29 bits per heavy atom. The molecule has 0 aliphatic carbocycles. The molecule has 74 valence electrons. The van der Waals surface area contributed by atoms with Gasteiger partial charge in [0, 0.05) is 16.0 Å². The van der Waals surface area contributed by atoms with Crippen molar-refractivity contribution in [1.82, 2.24) is 0 Å². The number of fused-ring (bicyclic) bond motifs is 1. The lowest BCUT2D eigenvalue weighted by Gasteiger charge is -1.96. The zero-order valence-electron chi connectivity index (χ0n) is 7.58. The molecule has 4 heteroatoms. The van der Waals surface area contributed by atoms with Crippen LogP contribution < -0.4 is 4.74 Å². The summed E-state index contributed by atoms with van der Waals surface area (Å²) in [6.07, 6.45) is 0. The van der Waals surface area contributed by atoms with Gasteiger partial charge in [-0.25, -0.2) is 0 Å². The molecule has 0 fully saturated rings. The highest BCUT2D eigenvalue weighted by Crippen LogP contribution is 2.41. The van der Waals surface area contributed by atoms with Gasteiger partial charge in [-0.05, 0) is 5.56 Å². The smallest absolute Gasteiger partial charge is 0.188 e. The molecule has 0 spiro atoms. The molecule has 0 amide bonds. The van der Waals surface area contributed by atoms with Crippen LogP contribution in [-0.2, 0) is 5.88 Å². The molecule has 1 heterocycles. The zero-order valence-corrected chi connectivity index (χ0v) is 10.0. The molecule has 1 aromatic carbocycles. The minimum atomic E-state index is 0.522. The Morgan fingerprint density at radius 1 is 1.50 bits per heavy atom. The summed E-state index contributed by atoms with van der Waals surface area (Å²) in [5.41, 5.74) is 1.13. The van der Waals surface area contributed by atoms with Gasteiger partial charge in [-0.3, -0.25) is 0 Å². The maximum Gasteiger partial charge on any atom is 0.188 e. The van der Waals surface area contributed by atoms with Crippen LogP contribution in [0.3, 0.4) is 0 Å². The van der Waals surface area contributed by atoms with Crippen molar-refractivity contribution >= 4 is 45.7 Å². The second-order valence-electron chi connectivity index (χ2n) is 2.87. The fourth-order valence-electron chi connectivity index (χ4n) is 1.39. The quantitative estimate of drug-likeness (QED) is 0.622. The van der Waals surface area contributed by atoms with E-state index in [2.05, 4.69) is 12.6 Å². The zero-order chi connectivity index (χ0) is 10.1. The third-order valence-electron chi connectivity index (χ3n) is 2.07. The van der Waals surface area contributed by atoms with E-state index in [0.29, 0.717) is 5.88 Å². The third kappa shape index (κ3) is 1.49. The average Bonchev–Trinajstić information content (AvgIpc) is 2.55. The van der Waals surface area contributed by atoms with Gasteiger partial charge < -0.3 is 4.74 Å². The first-order valence-electron chi connectivity index (χ1n) is 4.11. The van der Waals surface area contributed by atoms with Gasteiger partial charge in [0.1, 0.15) is 0 Å². The summed E-state index contributed by atoms with van der Waals surface area (Å²) in [6.45, 7) is 0. The minimum Gasteiger partial charge on any atom is -0.486 e. The number of halogens is 1. The fourth-order valence-corrected chi connectivity index (χ4v) is 3.21. The molecule has 2 aromatic rings. The highest BCUT2D eigenvalue weighted by atomic mass is 35.5. The molecule has 0 aliphatic rings. The molecule has 2 rings (SSSR count). The molecule has 0 N–H and O–H groups in total. The van der Waals surface area contributed by atoms with E-state index in [-0.39, 0.29) is 0 Å². The molecule has 0 aliphatic heterocycles. The molecule has 0 saturated carbocycles. The standard InChI is InChI=1S/C10H9ClOS2/c1-12-10-8(13)7-4-2-3-6(5-11)9(7)14-10/h2-4,13H,5H2,1H3. The molecule has 0 atom stereocenters. The molecular formula is C10H9ClOS2. The maximum absolute atomic E-state index is 5.85. The van der Waals surface area contributed by atoms with Crippen LogP contribution in [0.5, 0.6) is 5.06 Å². The lowest BCUT2D eigenvalue weighted by molar-refractivity contribution is 0.419. The molecule has 0 bridgehead atoms. The summed E-state index contributed by atoms with van der Waals surface area (Å²) in [5.74, 6) is 0.522. The monoisotopic (exact) mass is 244 g/mol. The Morgan fingerprint density at radius 3 is 2.93 bits per heavy atom. The van der Waals surface area contributed by atoms with Gasteiger partial charge in [0.25, 0.3) is 0 Å². The molecule has 0 unspecified atom stereocenters. The number of methoxy groups -OCH3 is 1. The predicted molar refractivity (Wildman–Crippen MR) is 65.2 cm³/mol. The third-order valence-corrected chi connectivity index (χ3v) is 4.19. The van der Waals surface area contributed by atoms with Crippen LogP contribution in [0.25, 0.3) is 10.1 Å². The average molecular weight is 245 g/mol. The Kier molecular flexibility index (Phi) is 2.91. The Labute approximate surface area is 97.1 Å². The fraction of sp³-hybridized carbons (Fsp3) is 0.200. The number of benzene rings is 1. The van der Waals surface area contributed by atoms with E-state index < -0.39 is 0 Å². The van der Waals surface area contributed by atoms with Crippen LogP contribution >= 0.6 is 35.6 Å². The minimum absolute atomic E-state index is 0.522. The normalized spacial score (nSPS) is 10.8. The van der Waals surface area contributed by atoms with E-state index in [1.54, 1.807) is 18.4 Å². The second kappa shape index (κ2) is 4.01. The van der Waals surface area contributed by atoms with E-state index >= 15 is 0 Å². The Bertz CT molecular complexity index is 464. The number of hydrogen-bond acceptors (Lipinski definition) is 3. The highest BCUT2D eigenvalue weighted by molar-refractivity contribution is 7.81. The summed E-state index contributed by atoms with van der Waals surface area (Å²) >= 11 is 11.9. The van der Waals surface area contributed by atoms with E-state index in [9.17, 15) is 0 Å². The van der Waals surface area contributed by atoms with Crippen molar-refractivity contribution in [3.05, 3.63) is 23.8 Å². The van der Waals surface area contributed by atoms with Crippen LogP contribution in [-0.4, -0.2) is 7.11 Å². The van der Waals surface area contributed by atoms with Gasteiger partial charge in [-0.15, -0.1) is 24.2 Å². The number of alkyl halides is 1. The van der Waals surface area contributed by atoms with Crippen molar-refractivity contribution in [3.63, 3.8) is 0 Å². The number of ether oxygens (including phenoxy) is 1. The van der Waals surface area contributed by atoms with Crippen molar-refractivity contribution in [2.24, 2.45) is 0 Å². The van der Waals surface area contributed by atoms with Gasteiger partial charge in [-0.2, -0.15) is 0 Å². The highest BCUT2D eigenvalue weighted by Gasteiger charge is 2.11. The van der Waals surface area contributed by atoms with E-state index in [4.69, 9.17) is 16.3 Å². The predicted octanol–water partition coefficient (Wildman–Crippen LogP) is 3.94. The summed E-state index contributed by atoms with van der Waals surface area (Å²) in [6, 6.07) is 6.05. The summed E-state index contributed by atoms with van der Waals surface area (Å²) < 4.78 is 6.40. The van der Waals surface area contributed by atoms with E-state index in [1.807, 2.05) is 18.2 Å². The number of thiol groups is 1. The first-order chi connectivity index (χ1) is 6.77. The van der Waals surface area contributed by atoms with Crippen molar-refractivity contribution in [3.8, 4) is 5.06 Å². The largest absolute Gasteiger partial charge is 0.486 e. The number of hydrogen-bond donors (Lipinski definition) is 1. The van der Waals surface area contributed by atoms with Gasteiger partial charge in [-0.1, -0.05) is 29.5 Å². The summed E-state index contributed by atoms with van der Waals surface area (Å²) in [5, 5.41) is 1.97. The molecule has 1 aromatic heterocycles. The molecular weight excluding hydrogens is 236 g/mol. The summed E-state index contributed by atoms with van der Waals surface area (Å²) in [7, 11) is 1.66. The van der Waals surface area contributed by atoms with Gasteiger partial charge in [0.05, 0.1) is 12.0 Å². The van der Waals surface area contributed by atoms with E-state index in [0.717, 1.165) is 20.9 Å². The lowest BCUT2D eigenvalue weighted by Crippen LogP contribution is -1.77. The first kappa shape index (κ1) is 10.1. The number of rotatable bonds is 2. The molecule has 14 heavy (non-hydrogen) atoms. The molecule has 1 nitrogen and oxygen atoms in total.